The van der Waals surface area contributed by atoms with Gasteiger partial charge in [-0.05, 0) is 32.9 Å². The summed E-state index contributed by atoms with van der Waals surface area (Å²) in [4.78, 5) is 16.1. The molecular weight excluding hydrogens is 232 g/mol. The van der Waals surface area contributed by atoms with E-state index in [4.69, 9.17) is 4.74 Å². The van der Waals surface area contributed by atoms with E-state index in [1.165, 1.54) is 4.57 Å². The van der Waals surface area contributed by atoms with E-state index >= 15 is 0 Å². The minimum absolute atomic E-state index is 0.228. The average molecular weight is 248 g/mol. The van der Waals surface area contributed by atoms with Crippen LogP contribution >= 0.6 is 0 Å². The van der Waals surface area contributed by atoms with Gasteiger partial charge in [0, 0.05) is 17.8 Å². The van der Waals surface area contributed by atoms with Gasteiger partial charge in [-0.25, -0.2) is 9.36 Å². The normalized spacial score (nSPS) is 11.8. The molecule has 0 aliphatic carbocycles. The molecule has 0 aliphatic heterocycles. The third-order valence-corrected chi connectivity index (χ3v) is 2.42. The lowest BCUT2D eigenvalue weighted by molar-refractivity contribution is 0.0533. The maximum atomic E-state index is 12.1. The highest BCUT2D eigenvalue weighted by Gasteiger charge is 2.21. The van der Waals surface area contributed by atoms with Crippen molar-refractivity contribution in [3.8, 4) is 0 Å². The summed E-state index contributed by atoms with van der Waals surface area (Å²) in [5, 5.41) is 10.1. The fourth-order valence-corrected chi connectivity index (χ4v) is 1.75. The van der Waals surface area contributed by atoms with Crippen LogP contribution in [0.25, 0.3) is 10.9 Å². The zero-order valence-corrected chi connectivity index (χ0v) is 10.7. The first-order chi connectivity index (χ1) is 8.42. The minimum atomic E-state index is -0.576. The molecule has 0 spiro atoms. The number of aliphatic hydroxyl groups is 1. The maximum absolute atomic E-state index is 12.1. The van der Waals surface area contributed by atoms with Crippen molar-refractivity contribution in [2.24, 2.45) is 0 Å². The molecule has 0 aromatic carbocycles. The molecule has 0 aliphatic rings. The Morgan fingerprint density at radius 1 is 1.50 bits per heavy atom. The van der Waals surface area contributed by atoms with Crippen molar-refractivity contribution in [3.05, 3.63) is 30.2 Å². The molecule has 96 valence electrons. The van der Waals surface area contributed by atoms with Crippen LogP contribution in [0.5, 0.6) is 0 Å². The molecule has 0 atom stereocenters. The highest BCUT2D eigenvalue weighted by molar-refractivity contribution is 5.90. The molecule has 18 heavy (non-hydrogen) atoms. The number of ether oxygens (including phenoxy) is 1. The quantitative estimate of drug-likeness (QED) is 0.841. The van der Waals surface area contributed by atoms with Gasteiger partial charge in [-0.3, -0.25) is 4.98 Å². The van der Waals surface area contributed by atoms with Crippen LogP contribution in [0.4, 0.5) is 4.79 Å². The topological polar surface area (TPSA) is 64.3 Å². The van der Waals surface area contributed by atoms with Gasteiger partial charge in [-0.2, -0.15) is 0 Å². The predicted octanol–water partition coefficient (Wildman–Crippen LogP) is 2.31. The average Bonchev–Trinajstić information content (AvgIpc) is 2.64. The molecule has 5 nitrogen and oxygen atoms in total. The van der Waals surface area contributed by atoms with Crippen molar-refractivity contribution in [1.82, 2.24) is 9.55 Å². The summed E-state index contributed by atoms with van der Waals surface area (Å²) < 4.78 is 6.70. The summed E-state index contributed by atoms with van der Waals surface area (Å²) in [5.74, 6) is 0. The minimum Gasteiger partial charge on any atom is -0.443 e. The second-order valence-corrected chi connectivity index (χ2v) is 5.04. The van der Waals surface area contributed by atoms with Crippen LogP contribution in [-0.2, 0) is 11.3 Å². The van der Waals surface area contributed by atoms with Crippen LogP contribution in [0.1, 0.15) is 26.5 Å². The first-order valence-electron chi connectivity index (χ1n) is 5.71. The van der Waals surface area contributed by atoms with Crippen LogP contribution in [0.3, 0.4) is 0 Å². The Kier molecular flexibility index (Phi) is 3.09. The fraction of sp³-hybridized carbons (Fsp3) is 0.385. The Labute approximate surface area is 105 Å². The maximum Gasteiger partial charge on any atom is 0.419 e. The molecule has 5 heteroatoms. The largest absolute Gasteiger partial charge is 0.443 e. The van der Waals surface area contributed by atoms with E-state index in [0.717, 1.165) is 5.39 Å². The van der Waals surface area contributed by atoms with E-state index in [-0.39, 0.29) is 6.61 Å². The van der Waals surface area contributed by atoms with Crippen LogP contribution < -0.4 is 0 Å². The summed E-state index contributed by atoms with van der Waals surface area (Å²) in [6.45, 7) is 5.18. The van der Waals surface area contributed by atoms with Gasteiger partial charge in [-0.1, -0.05) is 0 Å². The molecule has 0 bridgehead atoms. The molecule has 0 saturated carbocycles. The number of carbonyl (C=O) groups excluding carboxylic acids is 1. The van der Waals surface area contributed by atoms with Gasteiger partial charge in [0.05, 0.1) is 17.8 Å². The number of hydrogen-bond acceptors (Lipinski definition) is 4. The molecule has 2 aromatic heterocycles. The first-order valence-corrected chi connectivity index (χ1v) is 5.71. The van der Waals surface area contributed by atoms with Crippen molar-refractivity contribution in [1.29, 1.82) is 0 Å². The van der Waals surface area contributed by atoms with E-state index in [1.807, 2.05) is 0 Å². The molecule has 2 rings (SSSR count). The van der Waals surface area contributed by atoms with E-state index < -0.39 is 11.7 Å². The van der Waals surface area contributed by atoms with Crippen LogP contribution in [0.15, 0.2) is 24.5 Å². The van der Waals surface area contributed by atoms with Crippen LogP contribution in [-0.4, -0.2) is 26.4 Å². The molecular formula is C13H16N2O3. The number of rotatable bonds is 1. The van der Waals surface area contributed by atoms with Crippen molar-refractivity contribution >= 4 is 17.0 Å². The van der Waals surface area contributed by atoms with Crippen LogP contribution in [0, 0.1) is 0 Å². The number of pyridine rings is 1. The molecule has 0 saturated heterocycles. The van der Waals surface area contributed by atoms with Crippen molar-refractivity contribution in [3.63, 3.8) is 0 Å². The zero-order chi connectivity index (χ0) is 13.3. The lowest BCUT2D eigenvalue weighted by Crippen LogP contribution is -2.28. The molecule has 0 amide bonds. The van der Waals surface area contributed by atoms with Gasteiger partial charge in [0.1, 0.15) is 5.60 Å². The number of nitrogens with zero attached hydrogens (tertiary/aromatic N) is 2. The summed E-state index contributed by atoms with van der Waals surface area (Å²) in [7, 11) is 0. The smallest absolute Gasteiger partial charge is 0.419 e. The van der Waals surface area contributed by atoms with Gasteiger partial charge in [0.2, 0.25) is 0 Å². The van der Waals surface area contributed by atoms with E-state index in [1.54, 1.807) is 45.3 Å². The molecule has 0 fully saturated rings. The standard InChI is InChI=1S/C13H16N2O3/c1-13(2,3)18-12(17)15-10(8-16)6-9-7-14-5-4-11(9)15/h4-7,16H,8H2,1-3H3. The Morgan fingerprint density at radius 3 is 2.83 bits per heavy atom. The Hall–Kier alpha value is -1.88. The predicted molar refractivity (Wildman–Crippen MR) is 67.3 cm³/mol. The third kappa shape index (κ3) is 2.36. The van der Waals surface area contributed by atoms with Crippen molar-refractivity contribution < 1.29 is 14.6 Å². The van der Waals surface area contributed by atoms with Gasteiger partial charge in [-0.15, -0.1) is 0 Å². The first kappa shape index (κ1) is 12.6. The molecule has 1 N–H and O–H groups in total. The number of hydrogen-bond donors (Lipinski definition) is 1. The fourth-order valence-electron chi connectivity index (χ4n) is 1.75. The van der Waals surface area contributed by atoms with Gasteiger partial charge in [0.25, 0.3) is 0 Å². The molecule has 2 heterocycles. The lowest BCUT2D eigenvalue weighted by Gasteiger charge is -2.20. The number of aromatic nitrogens is 2. The molecule has 2 aromatic rings. The highest BCUT2D eigenvalue weighted by atomic mass is 16.6. The Bertz CT molecular complexity index is 581. The summed E-state index contributed by atoms with van der Waals surface area (Å²) in [6, 6.07) is 3.45. The summed E-state index contributed by atoms with van der Waals surface area (Å²) in [6.07, 6.45) is 2.76. The van der Waals surface area contributed by atoms with Gasteiger partial charge in [0.15, 0.2) is 0 Å². The van der Waals surface area contributed by atoms with Crippen LogP contribution in [0.2, 0.25) is 0 Å². The van der Waals surface area contributed by atoms with E-state index in [2.05, 4.69) is 4.98 Å². The molecule has 0 radical (unpaired) electrons. The number of carbonyl (C=O) groups is 1. The van der Waals surface area contributed by atoms with Crippen molar-refractivity contribution in [2.75, 3.05) is 0 Å². The Balaban J connectivity index is 2.51. The SMILES string of the molecule is CC(C)(C)OC(=O)n1c(CO)cc2cnccc21. The van der Waals surface area contributed by atoms with E-state index in [0.29, 0.717) is 11.2 Å². The molecule has 0 unspecified atom stereocenters. The van der Waals surface area contributed by atoms with Crippen molar-refractivity contribution in [2.45, 2.75) is 33.0 Å². The second-order valence-electron chi connectivity index (χ2n) is 5.04. The zero-order valence-electron chi connectivity index (χ0n) is 10.7. The lowest BCUT2D eigenvalue weighted by atomic mass is 10.2. The summed E-state index contributed by atoms with van der Waals surface area (Å²) >= 11 is 0. The Morgan fingerprint density at radius 2 is 2.22 bits per heavy atom. The number of aliphatic hydroxyl groups excluding tert-OH is 1. The number of fused-ring (bicyclic) bond motifs is 1. The highest BCUT2D eigenvalue weighted by Crippen LogP contribution is 2.21. The third-order valence-electron chi connectivity index (χ3n) is 2.42. The summed E-state index contributed by atoms with van der Waals surface area (Å²) in [5.41, 5.74) is 0.600. The van der Waals surface area contributed by atoms with Gasteiger partial charge < -0.3 is 9.84 Å². The monoisotopic (exact) mass is 248 g/mol. The van der Waals surface area contributed by atoms with E-state index in [9.17, 15) is 9.90 Å². The second kappa shape index (κ2) is 4.42. The van der Waals surface area contributed by atoms with Gasteiger partial charge >= 0.3 is 6.09 Å².